The molecular weight excluding hydrogens is 214 g/mol. The lowest BCUT2D eigenvalue weighted by Gasteiger charge is -2.14. The monoisotopic (exact) mass is 231 g/mol. The normalized spacial score (nSPS) is 12.5. The zero-order valence-corrected chi connectivity index (χ0v) is 10.3. The Balaban J connectivity index is 2.39. The molecule has 0 amide bonds. The van der Waals surface area contributed by atoms with E-state index < -0.39 is 0 Å². The van der Waals surface area contributed by atoms with Gasteiger partial charge in [-0.15, -0.1) is 0 Å². The number of methoxy groups -OCH3 is 1. The first-order valence-electron chi connectivity index (χ1n) is 5.51. The molecule has 0 aliphatic carbocycles. The third-order valence-electron chi connectivity index (χ3n) is 2.78. The van der Waals surface area contributed by atoms with Crippen LogP contribution in [0.15, 0.2) is 30.5 Å². The number of aromatic nitrogens is 2. The molecule has 0 bridgehead atoms. The van der Waals surface area contributed by atoms with E-state index in [1.54, 1.807) is 11.8 Å². The average Bonchev–Trinajstić information content (AvgIpc) is 2.75. The quantitative estimate of drug-likeness (QED) is 0.876. The molecule has 1 heterocycles. The molecule has 0 fully saturated rings. The third-order valence-corrected chi connectivity index (χ3v) is 2.78. The molecule has 0 spiro atoms. The molecule has 90 valence electrons. The Hall–Kier alpha value is -1.81. The van der Waals surface area contributed by atoms with Crippen molar-refractivity contribution in [1.29, 1.82) is 0 Å². The van der Waals surface area contributed by atoms with Gasteiger partial charge < -0.3 is 10.5 Å². The Morgan fingerprint density at radius 2 is 2.12 bits per heavy atom. The summed E-state index contributed by atoms with van der Waals surface area (Å²) in [5, 5.41) is 4.32. The Labute approximate surface area is 101 Å². The van der Waals surface area contributed by atoms with E-state index in [4.69, 9.17) is 10.5 Å². The summed E-state index contributed by atoms with van der Waals surface area (Å²) in [7, 11) is 3.53. The van der Waals surface area contributed by atoms with E-state index in [1.165, 1.54) is 0 Å². The fraction of sp³-hybridized carbons (Fsp3) is 0.308. The molecule has 4 heteroatoms. The maximum atomic E-state index is 6.20. The zero-order valence-electron chi connectivity index (χ0n) is 10.3. The van der Waals surface area contributed by atoms with Gasteiger partial charge in [0.15, 0.2) is 0 Å². The molecule has 0 saturated heterocycles. The zero-order chi connectivity index (χ0) is 12.4. The van der Waals surface area contributed by atoms with Crippen molar-refractivity contribution in [3.63, 3.8) is 0 Å². The van der Waals surface area contributed by atoms with Crippen molar-refractivity contribution in [3.8, 4) is 5.75 Å². The summed E-state index contributed by atoms with van der Waals surface area (Å²) >= 11 is 0. The van der Waals surface area contributed by atoms with Crippen molar-refractivity contribution in [2.24, 2.45) is 12.8 Å². The molecule has 2 N–H and O–H groups in total. The molecule has 1 aromatic heterocycles. The predicted molar refractivity (Wildman–Crippen MR) is 67.0 cm³/mol. The number of ether oxygens (including phenoxy) is 1. The van der Waals surface area contributed by atoms with Crippen LogP contribution >= 0.6 is 0 Å². The lowest BCUT2D eigenvalue weighted by atomic mass is 10.0. The highest BCUT2D eigenvalue weighted by atomic mass is 16.5. The van der Waals surface area contributed by atoms with Crippen LogP contribution in [0.3, 0.4) is 0 Å². The molecule has 0 radical (unpaired) electrons. The van der Waals surface area contributed by atoms with Gasteiger partial charge in [0, 0.05) is 18.8 Å². The van der Waals surface area contributed by atoms with Crippen LogP contribution in [0.25, 0.3) is 0 Å². The van der Waals surface area contributed by atoms with E-state index in [2.05, 4.69) is 5.10 Å². The summed E-state index contributed by atoms with van der Waals surface area (Å²) in [6.07, 6.45) is 1.88. The maximum absolute atomic E-state index is 6.20. The number of nitrogens with zero attached hydrogens (tertiary/aromatic N) is 2. The molecular formula is C13H17N3O. The molecule has 0 saturated carbocycles. The van der Waals surface area contributed by atoms with Gasteiger partial charge >= 0.3 is 0 Å². The smallest absolute Gasteiger partial charge is 0.124 e. The van der Waals surface area contributed by atoms with Crippen molar-refractivity contribution >= 4 is 0 Å². The molecule has 4 nitrogen and oxygen atoms in total. The van der Waals surface area contributed by atoms with Crippen molar-refractivity contribution < 1.29 is 4.74 Å². The second kappa shape index (κ2) is 4.59. The first-order chi connectivity index (χ1) is 8.11. The fourth-order valence-electron chi connectivity index (χ4n) is 1.83. The molecule has 0 aliphatic heterocycles. The van der Waals surface area contributed by atoms with Crippen molar-refractivity contribution in [1.82, 2.24) is 9.78 Å². The van der Waals surface area contributed by atoms with Crippen molar-refractivity contribution in [2.75, 3.05) is 7.11 Å². The summed E-state index contributed by atoms with van der Waals surface area (Å²) in [6.45, 7) is 2.03. The van der Waals surface area contributed by atoms with E-state index in [9.17, 15) is 0 Å². The van der Waals surface area contributed by atoms with Crippen LogP contribution in [0.2, 0.25) is 0 Å². The molecule has 1 atom stereocenters. The Morgan fingerprint density at radius 3 is 2.71 bits per heavy atom. The standard InChI is InChI=1S/C13H17N3O/c1-9-4-5-10(12(8-9)17-3)13(14)11-6-7-16(2)15-11/h4-8,13H,14H2,1-3H3. The predicted octanol–water partition coefficient (Wildman–Crippen LogP) is 1.79. The lowest BCUT2D eigenvalue weighted by Crippen LogP contribution is -2.14. The van der Waals surface area contributed by atoms with Crippen LogP contribution in [0.1, 0.15) is 22.9 Å². The van der Waals surface area contributed by atoms with Crippen LogP contribution in [0, 0.1) is 6.92 Å². The minimum Gasteiger partial charge on any atom is -0.496 e. The number of benzene rings is 1. The Morgan fingerprint density at radius 1 is 1.35 bits per heavy atom. The number of nitrogens with two attached hydrogens (primary N) is 1. The van der Waals surface area contributed by atoms with Crippen molar-refractivity contribution in [3.05, 3.63) is 47.3 Å². The van der Waals surface area contributed by atoms with E-state index >= 15 is 0 Å². The molecule has 2 rings (SSSR count). The Kier molecular flexibility index (Phi) is 3.15. The van der Waals surface area contributed by atoms with Crippen LogP contribution < -0.4 is 10.5 Å². The van der Waals surface area contributed by atoms with Gasteiger partial charge in [0.05, 0.1) is 18.8 Å². The van der Waals surface area contributed by atoms with Gasteiger partial charge in [0.2, 0.25) is 0 Å². The number of rotatable bonds is 3. The summed E-state index contributed by atoms with van der Waals surface area (Å²) in [5.41, 5.74) is 9.15. The van der Waals surface area contributed by atoms with E-state index in [1.807, 2.05) is 44.4 Å². The molecule has 1 aromatic carbocycles. The van der Waals surface area contributed by atoms with Gasteiger partial charge in [-0.1, -0.05) is 12.1 Å². The fourth-order valence-corrected chi connectivity index (χ4v) is 1.83. The molecule has 2 aromatic rings. The average molecular weight is 231 g/mol. The highest BCUT2D eigenvalue weighted by Crippen LogP contribution is 2.28. The van der Waals surface area contributed by atoms with Crippen LogP contribution in [0.4, 0.5) is 0 Å². The number of aryl methyl sites for hydroxylation is 2. The SMILES string of the molecule is COc1cc(C)ccc1C(N)c1ccn(C)n1. The second-order valence-electron chi connectivity index (χ2n) is 4.14. The van der Waals surface area contributed by atoms with Gasteiger partial charge in [0.25, 0.3) is 0 Å². The van der Waals surface area contributed by atoms with Crippen molar-refractivity contribution in [2.45, 2.75) is 13.0 Å². The van der Waals surface area contributed by atoms with E-state index in [0.717, 1.165) is 22.6 Å². The minimum atomic E-state index is -0.258. The first kappa shape index (κ1) is 11.7. The Bertz CT molecular complexity index is 519. The summed E-state index contributed by atoms with van der Waals surface area (Å²) in [6, 6.07) is 7.67. The summed E-state index contributed by atoms with van der Waals surface area (Å²) < 4.78 is 7.11. The third kappa shape index (κ3) is 2.31. The van der Waals surface area contributed by atoms with E-state index in [-0.39, 0.29) is 6.04 Å². The van der Waals surface area contributed by atoms with Gasteiger partial charge in [-0.25, -0.2) is 0 Å². The number of hydrogen-bond donors (Lipinski definition) is 1. The minimum absolute atomic E-state index is 0.258. The van der Waals surface area contributed by atoms with Gasteiger partial charge in [-0.2, -0.15) is 5.10 Å². The first-order valence-corrected chi connectivity index (χ1v) is 5.51. The number of hydrogen-bond acceptors (Lipinski definition) is 3. The second-order valence-corrected chi connectivity index (χ2v) is 4.14. The molecule has 17 heavy (non-hydrogen) atoms. The largest absolute Gasteiger partial charge is 0.496 e. The summed E-state index contributed by atoms with van der Waals surface area (Å²) in [4.78, 5) is 0. The highest BCUT2D eigenvalue weighted by Gasteiger charge is 2.16. The topological polar surface area (TPSA) is 53.1 Å². The molecule has 1 unspecified atom stereocenters. The van der Waals surface area contributed by atoms with Gasteiger partial charge in [-0.3, -0.25) is 4.68 Å². The van der Waals surface area contributed by atoms with Gasteiger partial charge in [-0.05, 0) is 24.6 Å². The molecule has 0 aliphatic rings. The summed E-state index contributed by atoms with van der Waals surface area (Å²) in [5.74, 6) is 0.808. The van der Waals surface area contributed by atoms with Gasteiger partial charge in [0.1, 0.15) is 5.75 Å². The lowest BCUT2D eigenvalue weighted by molar-refractivity contribution is 0.407. The maximum Gasteiger partial charge on any atom is 0.124 e. The van der Waals surface area contributed by atoms with Crippen LogP contribution in [-0.2, 0) is 7.05 Å². The highest BCUT2D eigenvalue weighted by molar-refractivity contribution is 5.42. The van der Waals surface area contributed by atoms with Crippen LogP contribution in [-0.4, -0.2) is 16.9 Å². The van der Waals surface area contributed by atoms with Crippen LogP contribution in [0.5, 0.6) is 5.75 Å². The van der Waals surface area contributed by atoms with E-state index in [0.29, 0.717) is 0 Å².